The number of ether oxygens (including phenoxy) is 2. The van der Waals surface area contributed by atoms with Crippen LogP contribution in [0.5, 0.6) is 0 Å². The molecule has 3 atom stereocenters. The Morgan fingerprint density at radius 2 is 2.00 bits per heavy atom. The second kappa shape index (κ2) is 5.83. The third-order valence-corrected chi connectivity index (χ3v) is 3.78. The summed E-state index contributed by atoms with van der Waals surface area (Å²) in [5, 5.41) is 0. The fourth-order valence-electron chi connectivity index (χ4n) is 2.75. The Morgan fingerprint density at radius 1 is 1.13 bits per heavy atom. The van der Waals surface area contributed by atoms with E-state index in [1.54, 1.807) is 0 Å². The van der Waals surface area contributed by atoms with Crippen molar-refractivity contribution in [2.45, 2.75) is 38.2 Å². The van der Waals surface area contributed by atoms with Crippen molar-refractivity contribution < 1.29 is 9.47 Å². The first-order chi connectivity index (χ1) is 7.40. The summed E-state index contributed by atoms with van der Waals surface area (Å²) < 4.78 is 11.3. The molecule has 3 heteroatoms. The van der Waals surface area contributed by atoms with E-state index in [-0.39, 0.29) is 0 Å². The summed E-state index contributed by atoms with van der Waals surface area (Å²) >= 11 is 0. The summed E-state index contributed by atoms with van der Waals surface area (Å²) in [6.45, 7) is 3.43. The van der Waals surface area contributed by atoms with Gasteiger partial charge >= 0.3 is 0 Å². The molecule has 0 aromatic carbocycles. The van der Waals surface area contributed by atoms with Crippen LogP contribution in [-0.2, 0) is 9.47 Å². The van der Waals surface area contributed by atoms with Gasteiger partial charge in [0.2, 0.25) is 0 Å². The zero-order valence-electron chi connectivity index (χ0n) is 9.49. The SMILES string of the molecule is NCC1CCCC1COC1CCCOC1. The lowest BCUT2D eigenvalue weighted by Gasteiger charge is -2.25. The lowest BCUT2D eigenvalue weighted by atomic mass is 9.97. The molecule has 3 nitrogen and oxygen atoms in total. The van der Waals surface area contributed by atoms with Gasteiger partial charge in [-0.3, -0.25) is 0 Å². The predicted molar refractivity (Wildman–Crippen MR) is 59.7 cm³/mol. The smallest absolute Gasteiger partial charge is 0.0809 e. The monoisotopic (exact) mass is 213 g/mol. The maximum absolute atomic E-state index is 5.92. The molecule has 1 saturated carbocycles. The molecular formula is C12H23NO2. The molecule has 15 heavy (non-hydrogen) atoms. The average Bonchev–Trinajstić information content (AvgIpc) is 2.75. The second-order valence-corrected chi connectivity index (χ2v) is 4.86. The Hall–Kier alpha value is -0.120. The third kappa shape index (κ3) is 3.16. The van der Waals surface area contributed by atoms with Crippen LogP contribution in [0.2, 0.25) is 0 Å². The van der Waals surface area contributed by atoms with Gasteiger partial charge in [-0.1, -0.05) is 6.42 Å². The van der Waals surface area contributed by atoms with Crippen molar-refractivity contribution in [1.29, 1.82) is 0 Å². The van der Waals surface area contributed by atoms with Crippen LogP contribution in [0, 0.1) is 11.8 Å². The van der Waals surface area contributed by atoms with E-state index in [1.165, 1.54) is 25.7 Å². The van der Waals surface area contributed by atoms with Crippen LogP contribution in [0.25, 0.3) is 0 Å². The van der Waals surface area contributed by atoms with Gasteiger partial charge in [0.25, 0.3) is 0 Å². The van der Waals surface area contributed by atoms with Gasteiger partial charge in [0.05, 0.1) is 19.3 Å². The highest BCUT2D eigenvalue weighted by Gasteiger charge is 2.27. The summed E-state index contributed by atoms with van der Waals surface area (Å²) in [7, 11) is 0. The van der Waals surface area contributed by atoms with E-state index >= 15 is 0 Å². The van der Waals surface area contributed by atoms with Crippen molar-refractivity contribution in [3.05, 3.63) is 0 Å². The average molecular weight is 213 g/mol. The number of rotatable bonds is 4. The first-order valence-corrected chi connectivity index (χ1v) is 6.29. The van der Waals surface area contributed by atoms with Crippen LogP contribution in [-0.4, -0.2) is 32.5 Å². The zero-order valence-corrected chi connectivity index (χ0v) is 9.49. The molecule has 0 aromatic heterocycles. The van der Waals surface area contributed by atoms with Crippen molar-refractivity contribution in [1.82, 2.24) is 0 Å². The minimum atomic E-state index is 0.345. The molecule has 0 radical (unpaired) electrons. The van der Waals surface area contributed by atoms with Crippen LogP contribution in [0.1, 0.15) is 32.1 Å². The lowest BCUT2D eigenvalue weighted by Crippen LogP contribution is -2.29. The standard InChI is InChI=1S/C12H23NO2/c13-7-10-3-1-4-11(10)8-15-12-5-2-6-14-9-12/h10-12H,1-9,13H2. The summed E-state index contributed by atoms with van der Waals surface area (Å²) in [5.74, 6) is 1.41. The Morgan fingerprint density at radius 3 is 2.73 bits per heavy atom. The third-order valence-electron chi connectivity index (χ3n) is 3.78. The van der Waals surface area contributed by atoms with Crippen molar-refractivity contribution in [2.24, 2.45) is 17.6 Å². The van der Waals surface area contributed by atoms with Gasteiger partial charge in [0.15, 0.2) is 0 Å². The molecule has 2 aliphatic rings. The second-order valence-electron chi connectivity index (χ2n) is 4.86. The summed E-state index contributed by atoms with van der Waals surface area (Å²) in [6, 6.07) is 0. The van der Waals surface area contributed by atoms with Crippen LogP contribution < -0.4 is 5.73 Å². The molecule has 88 valence electrons. The van der Waals surface area contributed by atoms with Crippen molar-refractivity contribution in [3.63, 3.8) is 0 Å². The van der Waals surface area contributed by atoms with Crippen LogP contribution in [0.3, 0.4) is 0 Å². The van der Waals surface area contributed by atoms with E-state index < -0.39 is 0 Å². The van der Waals surface area contributed by atoms with Crippen molar-refractivity contribution in [3.8, 4) is 0 Å². The fourth-order valence-corrected chi connectivity index (χ4v) is 2.75. The minimum Gasteiger partial charge on any atom is -0.379 e. The molecule has 1 saturated heterocycles. The Balaban J connectivity index is 1.67. The largest absolute Gasteiger partial charge is 0.379 e. The molecule has 0 aromatic rings. The summed E-state index contributed by atoms with van der Waals surface area (Å²) in [4.78, 5) is 0. The van der Waals surface area contributed by atoms with Crippen LogP contribution in [0.15, 0.2) is 0 Å². The molecule has 1 aliphatic carbocycles. The van der Waals surface area contributed by atoms with Gasteiger partial charge in [0.1, 0.15) is 0 Å². The quantitative estimate of drug-likeness (QED) is 0.770. The molecule has 1 aliphatic heterocycles. The molecule has 2 rings (SSSR count). The number of nitrogens with two attached hydrogens (primary N) is 1. The van der Waals surface area contributed by atoms with E-state index in [4.69, 9.17) is 15.2 Å². The van der Waals surface area contributed by atoms with Crippen molar-refractivity contribution in [2.75, 3.05) is 26.4 Å². The fraction of sp³-hybridized carbons (Fsp3) is 1.00. The lowest BCUT2D eigenvalue weighted by molar-refractivity contribution is -0.0626. The molecule has 0 bridgehead atoms. The Labute approximate surface area is 92.3 Å². The molecule has 0 spiro atoms. The maximum Gasteiger partial charge on any atom is 0.0809 e. The summed E-state index contributed by atoms with van der Waals surface area (Å²) in [5.41, 5.74) is 5.75. The highest BCUT2D eigenvalue weighted by Crippen LogP contribution is 2.31. The predicted octanol–water partition coefficient (Wildman–Crippen LogP) is 1.56. The molecule has 2 N–H and O–H groups in total. The molecule has 2 fully saturated rings. The summed E-state index contributed by atoms with van der Waals surface area (Å²) in [6.07, 6.45) is 6.59. The van der Waals surface area contributed by atoms with Crippen LogP contribution >= 0.6 is 0 Å². The number of hydrogen-bond acceptors (Lipinski definition) is 3. The van der Waals surface area contributed by atoms with Gasteiger partial charge in [-0.25, -0.2) is 0 Å². The maximum atomic E-state index is 5.92. The highest BCUT2D eigenvalue weighted by molar-refractivity contribution is 4.78. The van der Waals surface area contributed by atoms with E-state index in [2.05, 4.69) is 0 Å². The first kappa shape index (κ1) is 11.4. The molecule has 1 heterocycles. The molecule has 3 unspecified atom stereocenters. The molecule has 0 amide bonds. The zero-order chi connectivity index (χ0) is 10.5. The van der Waals surface area contributed by atoms with Gasteiger partial charge < -0.3 is 15.2 Å². The first-order valence-electron chi connectivity index (χ1n) is 6.29. The topological polar surface area (TPSA) is 44.5 Å². The van der Waals surface area contributed by atoms with E-state index in [9.17, 15) is 0 Å². The molecular weight excluding hydrogens is 190 g/mol. The van der Waals surface area contributed by atoms with E-state index in [0.717, 1.165) is 32.8 Å². The van der Waals surface area contributed by atoms with Gasteiger partial charge in [-0.15, -0.1) is 0 Å². The number of hydrogen-bond donors (Lipinski definition) is 1. The van der Waals surface area contributed by atoms with Gasteiger partial charge in [-0.2, -0.15) is 0 Å². The Kier molecular flexibility index (Phi) is 4.42. The normalized spacial score (nSPS) is 37.0. The van der Waals surface area contributed by atoms with Gasteiger partial charge in [0, 0.05) is 6.61 Å². The van der Waals surface area contributed by atoms with E-state index in [0.29, 0.717) is 17.9 Å². The van der Waals surface area contributed by atoms with Crippen molar-refractivity contribution >= 4 is 0 Å². The Bertz CT molecular complexity index is 180. The van der Waals surface area contributed by atoms with Gasteiger partial charge in [-0.05, 0) is 44.1 Å². The van der Waals surface area contributed by atoms with E-state index in [1.807, 2.05) is 0 Å². The minimum absolute atomic E-state index is 0.345. The highest BCUT2D eigenvalue weighted by atomic mass is 16.5. The van der Waals surface area contributed by atoms with Crippen LogP contribution in [0.4, 0.5) is 0 Å².